The minimum absolute atomic E-state index is 0.0798. The van der Waals surface area contributed by atoms with Gasteiger partial charge >= 0.3 is 7.12 Å². The molecule has 5 nitrogen and oxygen atoms in total. The van der Waals surface area contributed by atoms with Crippen molar-refractivity contribution in [2.75, 3.05) is 0 Å². The number of halogens is 2. The monoisotopic (exact) mass is 215 g/mol. The molecule has 0 unspecified atom stereocenters. The summed E-state index contributed by atoms with van der Waals surface area (Å²) in [5, 5.41) is 17.5. The van der Waals surface area contributed by atoms with Gasteiger partial charge in [-0.2, -0.15) is 13.8 Å². The number of carbonyl (C=O) groups excluding carboxylic acids is 2. The topological polar surface area (TPSA) is 87.5 Å². The maximum Gasteiger partial charge on any atom is 0.490 e. The Hall–Kier alpha value is -1.67. The zero-order valence-corrected chi connectivity index (χ0v) is 7.15. The van der Waals surface area contributed by atoms with E-state index < -0.39 is 35.6 Å². The predicted octanol–water partition coefficient (Wildman–Crippen LogP) is -1.34. The van der Waals surface area contributed by atoms with Crippen molar-refractivity contribution >= 4 is 25.2 Å². The fourth-order valence-electron chi connectivity index (χ4n) is 1.08. The Morgan fingerprint density at radius 3 is 1.73 bits per heavy atom. The summed E-state index contributed by atoms with van der Waals surface area (Å²) < 4.78 is 25.7. The van der Waals surface area contributed by atoms with E-state index in [0.29, 0.717) is 0 Å². The normalized spacial score (nSPS) is 9.87. The Morgan fingerprint density at radius 2 is 1.47 bits per heavy atom. The van der Waals surface area contributed by atoms with Crippen LogP contribution in [0.5, 0.6) is 0 Å². The number of hydrogen-bond acceptors (Lipinski definition) is 5. The Morgan fingerprint density at radius 1 is 1.07 bits per heavy atom. The van der Waals surface area contributed by atoms with Crippen molar-refractivity contribution in [1.29, 1.82) is 0 Å². The number of rotatable bonds is 3. The molecule has 0 amide bonds. The molecule has 1 aromatic heterocycles. The molecule has 0 aliphatic heterocycles. The van der Waals surface area contributed by atoms with E-state index >= 15 is 0 Å². The first-order valence-corrected chi connectivity index (χ1v) is 3.68. The van der Waals surface area contributed by atoms with Crippen LogP contribution in [-0.2, 0) is 0 Å². The van der Waals surface area contributed by atoms with Gasteiger partial charge in [-0.05, 0) is 0 Å². The summed E-state index contributed by atoms with van der Waals surface area (Å²) >= 11 is 0. The van der Waals surface area contributed by atoms with E-state index in [1.54, 1.807) is 0 Å². The number of nitrogens with zero attached hydrogens (tertiary/aromatic N) is 1. The lowest BCUT2D eigenvalue weighted by molar-refractivity contribution is 0.111. The molecular formula is C7H4BF2NO4. The lowest BCUT2D eigenvalue weighted by Crippen LogP contribution is -2.38. The molecule has 2 N–H and O–H groups in total. The number of aromatic nitrogens is 1. The average Bonchev–Trinajstić information content (AvgIpc) is 2.16. The quantitative estimate of drug-likeness (QED) is 0.370. The van der Waals surface area contributed by atoms with Gasteiger partial charge in [0, 0.05) is 5.46 Å². The molecule has 1 aromatic rings. The number of pyridine rings is 1. The smallest absolute Gasteiger partial charge is 0.423 e. The van der Waals surface area contributed by atoms with Gasteiger partial charge in [0.2, 0.25) is 11.9 Å². The Kier molecular flexibility index (Phi) is 3.22. The van der Waals surface area contributed by atoms with Crippen LogP contribution in [0.25, 0.3) is 0 Å². The number of hydrogen-bond donors (Lipinski definition) is 2. The van der Waals surface area contributed by atoms with Gasteiger partial charge in [0.15, 0.2) is 12.6 Å². The molecule has 78 valence electrons. The first kappa shape index (κ1) is 11.4. The van der Waals surface area contributed by atoms with Gasteiger partial charge in [0.1, 0.15) is 0 Å². The molecule has 8 heteroatoms. The molecule has 0 saturated heterocycles. The second-order valence-corrected chi connectivity index (χ2v) is 2.54. The highest BCUT2D eigenvalue weighted by atomic mass is 19.1. The third-order valence-corrected chi connectivity index (χ3v) is 1.72. The van der Waals surface area contributed by atoms with Crippen LogP contribution in [0.3, 0.4) is 0 Å². The van der Waals surface area contributed by atoms with Crippen molar-refractivity contribution in [2.24, 2.45) is 0 Å². The van der Waals surface area contributed by atoms with Gasteiger partial charge in [-0.3, -0.25) is 9.59 Å². The summed E-state index contributed by atoms with van der Waals surface area (Å²) in [5.41, 5.74) is -2.54. The molecule has 0 aromatic carbocycles. The summed E-state index contributed by atoms with van der Waals surface area (Å²) in [7, 11) is -2.34. The summed E-state index contributed by atoms with van der Waals surface area (Å²) in [4.78, 5) is 23.4. The molecule has 0 aliphatic carbocycles. The van der Waals surface area contributed by atoms with Gasteiger partial charge in [-0.15, -0.1) is 0 Å². The molecule has 0 spiro atoms. The molecular weight excluding hydrogens is 211 g/mol. The van der Waals surface area contributed by atoms with E-state index in [1.807, 2.05) is 0 Å². The predicted molar refractivity (Wildman–Crippen MR) is 44.8 cm³/mol. The van der Waals surface area contributed by atoms with Crippen molar-refractivity contribution in [3.8, 4) is 0 Å². The number of aldehydes is 2. The third kappa shape index (κ3) is 1.90. The van der Waals surface area contributed by atoms with Crippen LogP contribution < -0.4 is 5.46 Å². The Bertz CT molecular complexity index is 392. The van der Waals surface area contributed by atoms with E-state index in [9.17, 15) is 18.4 Å². The molecule has 0 atom stereocenters. The molecule has 0 radical (unpaired) electrons. The van der Waals surface area contributed by atoms with Crippen LogP contribution in [0.4, 0.5) is 8.78 Å². The highest BCUT2D eigenvalue weighted by molar-refractivity contribution is 6.61. The van der Waals surface area contributed by atoms with Crippen LogP contribution >= 0.6 is 0 Å². The van der Waals surface area contributed by atoms with Gasteiger partial charge in [0.25, 0.3) is 0 Å². The zero-order valence-electron chi connectivity index (χ0n) is 7.15. The van der Waals surface area contributed by atoms with Crippen molar-refractivity contribution in [1.82, 2.24) is 4.98 Å². The van der Waals surface area contributed by atoms with Crippen molar-refractivity contribution in [3.63, 3.8) is 0 Å². The van der Waals surface area contributed by atoms with Crippen molar-refractivity contribution in [2.45, 2.75) is 0 Å². The molecule has 1 rings (SSSR count). The van der Waals surface area contributed by atoms with Crippen molar-refractivity contribution in [3.05, 3.63) is 23.0 Å². The number of carbonyl (C=O) groups is 2. The van der Waals surface area contributed by atoms with Gasteiger partial charge in [-0.25, -0.2) is 0 Å². The largest absolute Gasteiger partial charge is 0.490 e. The summed E-state index contributed by atoms with van der Waals surface area (Å²) in [6.45, 7) is 0. The second kappa shape index (κ2) is 4.24. The minimum atomic E-state index is -2.34. The summed E-state index contributed by atoms with van der Waals surface area (Å²) in [6.07, 6.45) is -0.160. The van der Waals surface area contributed by atoms with Gasteiger partial charge in [-0.1, -0.05) is 0 Å². The van der Waals surface area contributed by atoms with Gasteiger partial charge < -0.3 is 10.0 Å². The molecule has 0 fully saturated rings. The summed E-state index contributed by atoms with van der Waals surface area (Å²) in [6, 6.07) is 0. The van der Waals surface area contributed by atoms with E-state index in [1.165, 1.54) is 0 Å². The third-order valence-electron chi connectivity index (χ3n) is 1.72. The Balaban J connectivity index is 3.65. The first-order valence-electron chi connectivity index (χ1n) is 3.68. The standard InChI is InChI=1S/C7H4BF2NO4/c9-6-3(1-12)5(8(14)15)4(2-13)7(10)11-6/h1-2,14-15H. The lowest BCUT2D eigenvalue weighted by atomic mass is 9.75. The molecule has 0 bridgehead atoms. The highest BCUT2D eigenvalue weighted by Gasteiger charge is 2.27. The maximum atomic E-state index is 12.9. The summed E-state index contributed by atoms with van der Waals surface area (Å²) in [5.74, 6) is -3.01. The lowest BCUT2D eigenvalue weighted by Gasteiger charge is -2.07. The average molecular weight is 215 g/mol. The van der Waals surface area contributed by atoms with Gasteiger partial charge in [0.05, 0.1) is 11.1 Å². The molecule has 15 heavy (non-hydrogen) atoms. The molecule has 0 saturated carbocycles. The van der Waals surface area contributed by atoms with Crippen LogP contribution in [0.15, 0.2) is 0 Å². The minimum Gasteiger partial charge on any atom is -0.423 e. The van der Waals surface area contributed by atoms with E-state index in [2.05, 4.69) is 4.98 Å². The first-order chi connectivity index (χ1) is 7.02. The van der Waals surface area contributed by atoms with Crippen LogP contribution in [0.2, 0.25) is 0 Å². The fourth-order valence-corrected chi connectivity index (χ4v) is 1.08. The van der Waals surface area contributed by atoms with Crippen LogP contribution in [0.1, 0.15) is 20.7 Å². The molecule has 0 aliphatic rings. The highest BCUT2D eigenvalue weighted by Crippen LogP contribution is 2.06. The SMILES string of the molecule is O=Cc1c(F)nc(F)c(C=O)c1B(O)O. The van der Waals surface area contributed by atoms with E-state index in [4.69, 9.17) is 10.0 Å². The van der Waals surface area contributed by atoms with Crippen LogP contribution in [-0.4, -0.2) is 34.7 Å². The van der Waals surface area contributed by atoms with Crippen molar-refractivity contribution < 1.29 is 28.4 Å². The zero-order chi connectivity index (χ0) is 11.6. The maximum absolute atomic E-state index is 12.9. The second-order valence-electron chi connectivity index (χ2n) is 2.54. The van der Waals surface area contributed by atoms with Crippen LogP contribution in [0, 0.1) is 11.9 Å². The Labute approximate surface area is 82.5 Å². The molecule has 1 heterocycles. The van der Waals surface area contributed by atoms with E-state index in [0.717, 1.165) is 0 Å². The fraction of sp³-hybridized carbons (Fsp3) is 0. The van der Waals surface area contributed by atoms with E-state index in [-0.39, 0.29) is 12.6 Å².